The Hall–Kier alpha value is -1.42. The number of rotatable bonds is 1. The minimum atomic E-state index is -0.811. The Morgan fingerprint density at radius 1 is 1.69 bits per heavy atom. The molecule has 13 heavy (non-hydrogen) atoms. The highest BCUT2D eigenvalue weighted by atomic mass is 16.1. The van der Waals surface area contributed by atoms with Gasteiger partial charge in [0, 0.05) is 6.20 Å². The van der Waals surface area contributed by atoms with Gasteiger partial charge in [0.1, 0.15) is 17.5 Å². The molecule has 0 aromatic carbocycles. The van der Waals surface area contributed by atoms with Crippen LogP contribution in [0.3, 0.4) is 0 Å². The van der Waals surface area contributed by atoms with Gasteiger partial charge >= 0.3 is 0 Å². The van der Waals surface area contributed by atoms with Crippen LogP contribution in [0.25, 0.3) is 0 Å². The van der Waals surface area contributed by atoms with Gasteiger partial charge in [-0.15, -0.1) is 0 Å². The highest BCUT2D eigenvalue weighted by Gasteiger charge is 2.41. The number of hydrogen-bond acceptors (Lipinski definition) is 4. The van der Waals surface area contributed by atoms with Gasteiger partial charge in [0.05, 0.1) is 0 Å². The van der Waals surface area contributed by atoms with Gasteiger partial charge in [-0.25, -0.2) is 0 Å². The first kappa shape index (κ1) is 8.19. The van der Waals surface area contributed by atoms with E-state index in [2.05, 4.69) is 4.99 Å². The van der Waals surface area contributed by atoms with E-state index in [1.54, 1.807) is 11.8 Å². The van der Waals surface area contributed by atoms with Gasteiger partial charge in [0.25, 0.3) is 0 Å². The normalized spacial score (nSPS) is 36.0. The van der Waals surface area contributed by atoms with Crippen LogP contribution < -0.4 is 5.73 Å². The Labute approximate surface area is 76.4 Å². The molecule has 2 rings (SSSR count). The highest BCUT2D eigenvalue weighted by Crippen LogP contribution is 2.25. The number of amidine groups is 1. The predicted molar refractivity (Wildman–Crippen MR) is 50.0 cm³/mol. The molecule has 2 atom stereocenters. The molecule has 2 aliphatic rings. The average Bonchev–Trinajstić information content (AvgIpc) is 2.41. The van der Waals surface area contributed by atoms with Gasteiger partial charge in [0.2, 0.25) is 0 Å². The molecule has 68 valence electrons. The van der Waals surface area contributed by atoms with Crippen molar-refractivity contribution in [2.24, 2.45) is 10.7 Å². The number of hydrogen-bond donors (Lipinski definition) is 1. The molecule has 0 aliphatic carbocycles. The minimum absolute atomic E-state index is 0.388. The van der Waals surface area contributed by atoms with Crippen LogP contribution in [-0.4, -0.2) is 28.7 Å². The average molecular weight is 177 g/mol. The number of aldehydes is 1. The summed E-state index contributed by atoms with van der Waals surface area (Å²) in [6, 6.07) is 0. The molecule has 4 heteroatoms. The van der Waals surface area contributed by atoms with Gasteiger partial charge in [-0.3, -0.25) is 4.99 Å². The molecule has 2 heterocycles. The van der Waals surface area contributed by atoms with Crippen LogP contribution in [-0.2, 0) is 4.79 Å². The van der Waals surface area contributed by atoms with E-state index in [4.69, 9.17) is 5.73 Å². The van der Waals surface area contributed by atoms with Crippen LogP contribution in [0.4, 0.5) is 0 Å². The highest BCUT2D eigenvalue weighted by molar-refractivity contribution is 5.99. The van der Waals surface area contributed by atoms with E-state index in [0.717, 1.165) is 12.1 Å². The van der Waals surface area contributed by atoms with E-state index < -0.39 is 5.54 Å². The summed E-state index contributed by atoms with van der Waals surface area (Å²) in [5.74, 6) is 0.754. The summed E-state index contributed by atoms with van der Waals surface area (Å²) in [6.45, 7) is 1.73. The predicted octanol–water partition coefficient (Wildman–Crippen LogP) is 0.0264. The molecule has 0 aromatic heterocycles. The quantitative estimate of drug-likeness (QED) is 0.575. The molecule has 0 saturated heterocycles. The van der Waals surface area contributed by atoms with E-state index in [-0.39, 0.29) is 6.17 Å². The van der Waals surface area contributed by atoms with E-state index in [9.17, 15) is 4.79 Å². The third-order valence-corrected chi connectivity index (χ3v) is 2.36. The zero-order chi connectivity index (χ0) is 9.47. The molecule has 2 N–H and O–H groups in total. The lowest BCUT2D eigenvalue weighted by molar-refractivity contribution is -0.112. The molecule has 0 spiro atoms. The minimum Gasteiger partial charge on any atom is -0.315 e. The van der Waals surface area contributed by atoms with Crippen molar-refractivity contribution in [2.45, 2.75) is 18.6 Å². The Morgan fingerprint density at radius 3 is 3.08 bits per heavy atom. The lowest BCUT2D eigenvalue weighted by Gasteiger charge is -2.26. The number of carbonyl (C=O) groups is 1. The van der Waals surface area contributed by atoms with E-state index in [1.807, 2.05) is 24.4 Å². The van der Waals surface area contributed by atoms with E-state index in [1.165, 1.54) is 0 Å². The van der Waals surface area contributed by atoms with Crippen molar-refractivity contribution in [3.8, 4) is 0 Å². The maximum atomic E-state index is 10.8. The lowest BCUT2D eigenvalue weighted by Crippen LogP contribution is -2.50. The van der Waals surface area contributed by atoms with Crippen molar-refractivity contribution in [3.63, 3.8) is 0 Å². The summed E-state index contributed by atoms with van der Waals surface area (Å²) < 4.78 is 0. The van der Waals surface area contributed by atoms with Crippen LogP contribution in [0.1, 0.15) is 6.92 Å². The zero-order valence-electron chi connectivity index (χ0n) is 7.34. The largest absolute Gasteiger partial charge is 0.315 e. The SMILES string of the molecule is CC1(C=O)N=C2C=CC=CN2C1N. The molecule has 0 bridgehead atoms. The molecule has 0 radical (unpaired) electrons. The Morgan fingerprint density at radius 2 is 2.46 bits per heavy atom. The van der Waals surface area contributed by atoms with Crippen LogP contribution in [0.5, 0.6) is 0 Å². The number of fused-ring (bicyclic) bond motifs is 1. The number of nitrogens with two attached hydrogens (primary N) is 1. The second-order valence-corrected chi connectivity index (χ2v) is 3.37. The van der Waals surface area contributed by atoms with Crippen molar-refractivity contribution in [3.05, 3.63) is 24.4 Å². The van der Waals surface area contributed by atoms with Crippen molar-refractivity contribution < 1.29 is 4.79 Å². The summed E-state index contributed by atoms with van der Waals surface area (Å²) in [5, 5.41) is 0. The number of allylic oxidation sites excluding steroid dienone is 2. The second-order valence-electron chi connectivity index (χ2n) is 3.37. The molecule has 2 unspecified atom stereocenters. The summed E-state index contributed by atoms with van der Waals surface area (Å²) >= 11 is 0. The standard InChI is InChI=1S/C9H11N3O/c1-9(6-13)8(10)12-5-3-2-4-7(12)11-9/h2-6,8H,10H2,1H3. The fraction of sp³-hybridized carbons (Fsp3) is 0.333. The Kier molecular flexibility index (Phi) is 1.60. The fourth-order valence-electron chi connectivity index (χ4n) is 1.47. The summed E-state index contributed by atoms with van der Waals surface area (Å²) in [5.41, 5.74) is 5.06. The fourth-order valence-corrected chi connectivity index (χ4v) is 1.47. The monoisotopic (exact) mass is 177 g/mol. The summed E-state index contributed by atoms with van der Waals surface area (Å²) in [6.07, 6.45) is 7.83. The summed E-state index contributed by atoms with van der Waals surface area (Å²) in [7, 11) is 0. The molecule has 0 saturated carbocycles. The first-order valence-corrected chi connectivity index (χ1v) is 4.12. The van der Waals surface area contributed by atoms with Crippen molar-refractivity contribution in [1.29, 1.82) is 0 Å². The third-order valence-electron chi connectivity index (χ3n) is 2.36. The molecule has 0 fully saturated rings. The number of nitrogens with zero attached hydrogens (tertiary/aromatic N) is 2. The smallest absolute Gasteiger partial charge is 0.150 e. The van der Waals surface area contributed by atoms with E-state index >= 15 is 0 Å². The number of aliphatic imine (C=N–C) groups is 1. The Balaban J connectivity index is 2.42. The molecule has 4 nitrogen and oxygen atoms in total. The molecular formula is C9H11N3O. The van der Waals surface area contributed by atoms with E-state index in [0.29, 0.717) is 0 Å². The molecule has 0 aromatic rings. The molecule has 2 aliphatic heterocycles. The third kappa shape index (κ3) is 1.02. The van der Waals surface area contributed by atoms with Gasteiger partial charge in [-0.05, 0) is 19.1 Å². The molecule has 0 amide bonds. The maximum Gasteiger partial charge on any atom is 0.150 e. The van der Waals surface area contributed by atoms with Gasteiger partial charge in [0.15, 0.2) is 6.29 Å². The maximum absolute atomic E-state index is 10.8. The topological polar surface area (TPSA) is 58.7 Å². The van der Waals surface area contributed by atoms with Crippen molar-refractivity contribution in [2.75, 3.05) is 0 Å². The molecular weight excluding hydrogens is 166 g/mol. The van der Waals surface area contributed by atoms with Crippen LogP contribution in [0.2, 0.25) is 0 Å². The van der Waals surface area contributed by atoms with Crippen molar-refractivity contribution >= 4 is 12.1 Å². The van der Waals surface area contributed by atoms with Crippen LogP contribution in [0, 0.1) is 0 Å². The van der Waals surface area contributed by atoms with Gasteiger partial charge in [-0.1, -0.05) is 6.08 Å². The Bertz CT molecular complexity index is 332. The lowest BCUT2D eigenvalue weighted by atomic mass is 10.0. The first-order chi connectivity index (χ1) is 6.17. The number of carbonyl (C=O) groups excluding carboxylic acids is 1. The van der Waals surface area contributed by atoms with Gasteiger partial charge in [-0.2, -0.15) is 0 Å². The second kappa shape index (κ2) is 2.53. The van der Waals surface area contributed by atoms with Crippen molar-refractivity contribution in [1.82, 2.24) is 4.90 Å². The van der Waals surface area contributed by atoms with Gasteiger partial charge < -0.3 is 15.4 Å². The van der Waals surface area contributed by atoms with Crippen LogP contribution >= 0.6 is 0 Å². The summed E-state index contributed by atoms with van der Waals surface area (Å²) in [4.78, 5) is 16.9. The zero-order valence-corrected chi connectivity index (χ0v) is 7.34. The van der Waals surface area contributed by atoms with Crippen LogP contribution in [0.15, 0.2) is 29.4 Å². The first-order valence-electron chi connectivity index (χ1n) is 4.12.